The summed E-state index contributed by atoms with van der Waals surface area (Å²) in [4.78, 5) is 28.1. The van der Waals surface area contributed by atoms with Gasteiger partial charge in [0.2, 0.25) is 21.8 Å². The van der Waals surface area contributed by atoms with Crippen LogP contribution in [0.1, 0.15) is 39.2 Å². The van der Waals surface area contributed by atoms with Crippen molar-refractivity contribution in [1.29, 1.82) is 0 Å². The van der Waals surface area contributed by atoms with Crippen molar-refractivity contribution in [2.75, 3.05) is 17.1 Å². The molecule has 0 fully saturated rings. The number of hydrogen-bond acceptors (Lipinski definition) is 4. The standard InChI is InChI=1S/C24H30Cl3N3O4S/c1-5-16(3)28-24(32)22(6-2)29(14-19-20(26)8-7-9-21(19)27)23(31)15-30(35(4,33)34)18-12-10-17(25)11-13-18/h7-13,16,22H,5-6,14-15H2,1-4H3,(H,28,32)/t16-,22+/m0/s1. The summed E-state index contributed by atoms with van der Waals surface area (Å²) in [6, 6.07) is 10.1. The van der Waals surface area contributed by atoms with E-state index in [0.717, 1.165) is 10.6 Å². The van der Waals surface area contributed by atoms with Crippen LogP contribution in [0.4, 0.5) is 5.69 Å². The van der Waals surface area contributed by atoms with Gasteiger partial charge in [0.15, 0.2) is 0 Å². The summed E-state index contributed by atoms with van der Waals surface area (Å²) in [5, 5.41) is 4.01. The molecule has 11 heteroatoms. The van der Waals surface area contributed by atoms with Gasteiger partial charge >= 0.3 is 0 Å². The first-order valence-corrected chi connectivity index (χ1v) is 14.1. The first kappa shape index (κ1) is 29.2. The number of carbonyl (C=O) groups is 2. The molecule has 0 aliphatic rings. The Kier molecular flexibility index (Phi) is 10.7. The van der Waals surface area contributed by atoms with Crippen molar-refractivity contribution in [3.05, 3.63) is 63.1 Å². The monoisotopic (exact) mass is 561 g/mol. The quantitative estimate of drug-likeness (QED) is 0.411. The van der Waals surface area contributed by atoms with Crippen molar-refractivity contribution in [3.63, 3.8) is 0 Å². The van der Waals surface area contributed by atoms with Crippen LogP contribution in [0.2, 0.25) is 15.1 Å². The third kappa shape index (κ3) is 8.00. The Morgan fingerprint density at radius 3 is 2.03 bits per heavy atom. The number of sulfonamides is 1. The highest BCUT2D eigenvalue weighted by molar-refractivity contribution is 7.92. The van der Waals surface area contributed by atoms with E-state index in [0.29, 0.717) is 33.5 Å². The molecule has 7 nitrogen and oxygen atoms in total. The van der Waals surface area contributed by atoms with Crippen molar-refractivity contribution < 1.29 is 18.0 Å². The first-order chi connectivity index (χ1) is 16.4. The number of rotatable bonds is 11. The summed E-state index contributed by atoms with van der Waals surface area (Å²) >= 11 is 18.7. The van der Waals surface area contributed by atoms with Crippen molar-refractivity contribution in [1.82, 2.24) is 10.2 Å². The molecule has 0 aliphatic carbocycles. The van der Waals surface area contributed by atoms with Gasteiger partial charge in [-0.05, 0) is 56.2 Å². The van der Waals surface area contributed by atoms with Crippen molar-refractivity contribution in [2.45, 2.75) is 52.2 Å². The van der Waals surface area contributed by atoms with E-state index in [9.17, 15) is 18.0 Å². The van der Waals surface area contributed by atoms with Crippen LogP contribution in [0.5, 0.6) is 0 Å². The fraction of sp³-hybridized carbons (Fsp3) is 0.417. The lowest BCUT2D eigenvalue weighted by Gasteiger charge is -2.33. The number of hydrogen-bond donors (Lipinski definition) is 1. The van der Waals surface area contributed by atoms with Crippen molar-refractivity contribution in [2.24, 2.45) is 0 Å². The summed E-state index contributed by atoms with van der Waals surface area (Å²) in [5.41, 5.74) is 0.745. The average Bonchev–Trinajstić information content (AvgIpc) is 2.78. The number of halogens is 3. The van der Waals surface area contributed by atoms with Crippen LogP contribution in [0.25, 0.3) is 0 Å². The van der Waals surface area contributed by atoms with E-state index in [1.807, 2.05) is 13.8 Å². The number of benzene rings is 2. The van der Waals surface area contributed by atoms with Gasteiger partial charge in [0.1, 0.15) is 12.6 Å². The zero-order valence-electron chi connectivity index (χ0n) is 20.1. The maximum Gasteiger partial charge on any atom is 0.244 e. The van der Waals surface area contributed by atoms with Crippen LogP contribution in [0, 0.1) is 0 Å². The molecule has 0 unspecified atom stereocenters. The minimum atomic E-state index is -3.83. The summed E-state index contributed by atoms with van der Waals surface area (Å²) < 4.78 is 26.2. The Labute approximate surface area is 222 Å². The lowest BCUT2D eigenvalue weighted by molar-refractivity contribution is -0.140. The average molecular weight is 563 g/mol. The molecule has 192 valence electrons. The molecule has 0 saturated carbocycles. The summed E-state index contributed by atoms with van der Waals surface area (Å²) in [6.07, 6.45) is 2.03. The van der Waals surface area contributed by atoms with E-state index in [1.165, 1.54) is 29.2 Å². The number of amides is 2. The van der Waals surface area contributed by atoms with Gasteiger partial charge in [-0.3, -0.25) is 13.9 Å². The van der Waals surface area contributed by atoms with Gasteiger partial charge in [-0.2, -0.15) is 0 Å². The van der Waals surface area contributed by atoms with E-state index in [2.05, 4.69) is 5.32 Å². The maximum atomic E-state index is 13.7. The molecule has 2 atom stereocenters. The van der Waals surface area contributed by atoms with Crippen molar-refractivity contribution in [3.8, 4) is 0 Å². The summed E-state index contributed by atoms with van der Waals surface area (Å²) in [5.74, 6) is -0.914. The molecule has 2 aromatic rings. The van der Waals surface area contributed by atoms with Gasteiger partial charge in [-0.25, -0.2) is 8.42 Å². The zero-order chi connectivity index (χ0) is 26.3. The van der Waals surface area contributed by atoms with Crippen LogP contribution in [0.3, 0.4) is 0 Å². The highest BCUT2D eigenvalue weighted by atomic mass is 35.5. The van der Waals surface area contributed by atoms with Gasteiger partial charge in [0, 0.05) is 33.2 Å². The van der Waals surface area contributed by atoms with E-state index in [-0.39, 0.29) is 24.2 Å². The third-order valence-electron chi connectivity index (χ3n) is 5.57. The highest BCUT2D eigenvalue weighted by Crippen LogP contribution is 2.28. The van der Waals surface area contributed by atoms with Gasteiger partial charge in [0.25, 0.3) is 0 Å². The van der Waals surface area contributed by atoms with Crippen LogP contribution in [-0.4, -0.2) is 50.0 Å². The second kappa shape index (κ2) is 12.8. The summed E-state index contributed by atoms with van der Waals surface area (Å²) in [6.45, 7) is 5.00. The fourth-order valence-corrected chi connectivity index (χ4v) is 4.93. The lowest BCUT2D eigenvalue weighted by atomic mass is 10.1. The van der Waals surface area contributed by atoms with Gasteiger partial charge < -0.3 is 10.2 Å². The van der Waals surface area contributed by atoms with Gasteiger partial charge in [0.05, 0.1) is 11.9 Å². The van der Waals surface area contributed by atoms with E-state index < -0.39 is 28.5 Å². The SMILES string of the molecule is CC[C@H](C(=O)N[C@@H](C)CC)N(Cc1c(Cl)cccc1Cl)C(=O)CN(c1ccc(Cl)cc1)S(C)(=O)=O. The molecule has 2 rings (SSSR count). The smallest absolute Gasteiger partial charge is 0.244 e. The number of anilines is 1. The van der Waals surface area contributed by atoms with Crippen LogP contribution in [0.15, 0.2) is 42.5 Å². The Hall–Kier alpha value is -2.00. The topological polar surface area (TPSA) is 86.8 Å². The Morgan fingerprint density at radius 2 is 1.54 bits per heavy atom. The number of nitrogens with zero attached hydrogens (tertiary/aromatic N) is 2. The Bertz CT molecular complexity index is 1120. The largest absolute Gasteiger partial charge is 0.352 e. The molecule has 35 heavy (non-hydrogen) atoms. The zero-order valence-corrected chi connectivity index (χ0v) is 23.2. The van der Waals surface area contributed by atoms with Crippen LogP contribution < -0.4 is 9.62 Å². The fourth-order valence-electron chi connectivity index (χ4n) is 3.44. The molecule has 0 heterocycles. The minimum Gasteiger partial charge on any atom is -0.352 e. The highest BCUT2D eigenvalue weighted by Gasteiger charge is 2.32. The van der Waals surface area contributed by atoms with Gasteiger partial charge in [-0.15, -0.1) is 0 Å². The predicted molar refractivity (Wildman–Crippen MR) is 143 cm³/mol. The van der Waals surface area contributed by atoms with Crippen molar-refractivity contribution >= 4 is 62.3 Å². The van der Waals surface area contributed by atoms with Gasteiger partial charge in [-0.1, -0.05) is 54.7 Å². The number of nitrogens with one attached hydrogen (secondary N) is 1. The molecule has 0 saturated heterocycles. The maximum absolute atomic E-state index is 13.7. The predicted octanol–water partition coefficient (Wildman–Crippen LogP) is 5.13. The van der Waals surface area contributed by atoms with E-state index in [4.69, 9.17) is 34.8 Å². The molecule has 0 bridgehead atoms. The molecule has 0 aliphatic heterocycles. The molecule has 0 spiro atoms. The third-order valence-corrected chi connectivity index (χ3v) is 7.67. The first-order valence-electron chi connectivity index (χ1n) is 11.1. The Balaban J connectivity index is 2.49. The lowest BCUT2D eigenvalue weighted by Crippen LogP contribution is -2.53. The molecule has 1 N–H and O–H groups in total. The molecule has 2 amide bonds. The van der Waals surface area contributed by atoms with E-state index in [1.54, 1.807) is 25.1 Å². The summed E-state index contributed by atoms with van der Waals surface area (Å²) in [7, 11) is -3.83. The number of carbonyl (C=O) groups excluding carboxylic acids is 2. The normalized spacial score (nSPS) is 13.1. The van der Waals surface area contributed by atoms with E-state index >= 15 is 0 Å². The molecular weight excluding hydrogens is 533 g/mol. The minimum absolute atomic E-state index is 0.0675. The Morgan fingerprint density at radius 1 is 0.971 bits per heavy atom. The van der Waals surface area contributed by atoms with Crippen LogP contribution in [-0.2, 0) is 26.2 Å². The molecular formula is C24H30Cl3N3O4S. The van der Waals surface area contributed by atoms with Crippen LogP contribution >= 0.6 is 34.8 Å². The second-order valence-corrected chi connectivity index (χ2v) is 11.4. The molecule has 0 aromatic heterocycles. The molecule has 0 radical (unpaired) electrons. The second-order valence-electron chi connectivity index (χ2n) is 8.21. The molecule has 2 aromatic carbocycles.